The first-order valence-electron chi connectivity index (χ1n) is 14.0. The quantitative estimate of drug-likeness (QED) is 0.137. The van der Waals surface area contributed by atoms with Gasteiger partial charge in [0.15, 0.2) is 23.0 Å². The summed E-state index contributed by atoms with van der Waals surface area (Å²) in [5.74, 6) is 3.44. The lowest BCUT2D eigenvalue weighted by Gasteiger charge is -2.14. The highest BCUT2D eigenvalue weighted by atomic mass is 16.5. The van der Waals surface area contributed by atoms with Crippen LogP contribution in [0.15, 0.2) is 67.3 Å². The van der Waals surface area contributed by atoms with Crippen molar-refractivity contribution in [1.29, 1.82) is 0 Å². The van der Waals surface area contributed by atoms with Crippen LogP contribution in [0.1, 0.15) is 34.6 Å². The molecule has 0 saturated heterocycles. The molecule has 222 valence electrons. The largest absolute Gasteiger partial charge is 0.493 e. The Balaban J connectivity index is 1.36. The molecule has 0 spiro atoms. The lowest BCUT2D eigenvalue weighted by atomic mass is 10.1. The van der Waals surface area contributed by atoms with Crippen LogP contribution in [0.25, 0.3) is 11.0 Å². The molecule has 0 aliphatic rings. The average Bonchev–Trinajstić information content (AvgIpc) is 3.37. The van der Waals surface area contributed by atoms with Crippen molar-refractivity contribution in [3.63, 3.8) is 0 Å². The molecule has 0 aliphatic carbocycles. The van der Waals surface area contributed by atoms with E-state index < -0.39 is 0 Å². The minimum Gasteiger partial charge on any atom is -0.493 e. The molecule has 0 bridgehead atoms. The van der Waals surface area contributed by atoms with E-state index in [1.165, 1.54) is 21.3 Å². The second-order valence-electron chi connectivity index (χ2n) is 9.62. The predicted molar refractivity (Wildman–Crippen MR) is 163 cm³/mol. The Morgan fingerprint density at radius 2 is 1.64 bits per heavy atom. The van der Waals surface area contributed by atoms with E-state index in [0.29, 0.717) is 42.4 Å². The Hall–Kier alpha value is -4.66. The molecule has 0 aliphatic heterocycles. The van der Waals surface area contributed by atoms with Gasteiger partial charge in [0.05, 0.1) is 46.1 Å². The van der Waals surface area contributed by atoms with Gasteiger partial charge in [-0.25, -0.2) is 4.98 Å². The summed E-state index contributed by atoms with van der Waals surface area (Å²) in [6.07, 6.45) is 5.00. The van der Waals surface area contributed by atoms with Gasteiger partial charge in [-0.2, -0.15) is 0 Å². The van der Waals surface area contributed by atoms with Gasteiger partial charge in [-0.1, -0.05) is 24.3 Å². The fourth-order valence-electron chi connectivity index (χ4n) is 4.85. The SMILES string of the molecule is C=CCc1ccc(OCCCCn2c(CCNC(=O)c3cc(OC)c(OC)c(OC)c3)nc3ccccc32)c(OC)c1. The number of hydrogen-bond donors (Lipinski definition) is 1. The highest BCUT2D eigenvalue weighted by Gasteiger charge is 2.17. The number of unbranched alkanes of at least 4 members (excludes halogenated alkanes) is 1. The Morgan fingerprint density at radius 1 is 0.905 bits per heavy atom. The lowest BCUT2D eigenvalue weighted by Crippen LogP contribution is -2.26. The summed E-state index contributed by atoms with van der Waals surface area (Å²) in [5.41, 5.74) is 3.56. The molecule has 42 heavy (non-hydrogen) atoms. The van der Waals surface area contributed by atoms with E-state index in [-0.39, 0.29) is 5.91 Å². The van der Waals surface area contributed by atoms with Gasteiger partial charge in [0.25, 0.3) is 5.91 Å². The number of methoxy groups -OCH3 is 4. The highest BCUT2D eigenvalue weighted by Crippen LogP contribution is 2.38. The zero-order valence-electron chi connectivity index (χ0n) is 24.8. The maximum atomic E-state index is 13.0. The Kier molecular flexibility index (Phi) is 10.7. The number of aryl methyl sites for hydroxylation is 1. The molecule has 4 rings (SSSR count). The molecule has 1 amide bonds. The molecule has 9 heteroatoms. The smallest absolute Gasteiger partial charge is 0.251 e. The first-order valence-corrected chi connectivity index (χ1v) is 14.0. The summed E-state index contributed by atoms with van der Waals surface area (Å²) < 4.78 is 29.9. The molecule has 3 aromatic carbocycles. The molecule has 0 saturated carbocycles. The normalized spacial score (nSPS) is 10.8. The van der Waals surface area contributed by atoms with E-state index >= 15 is 0 Å². The minimum absolute atomic E-state index is 0.234. The Labute approximate surface area is 247 Å². The number of nitrogens with zero attached hydrogens (tertiary/aromatic N) is 2. The van der Waals surface area contributed by atoms with E-state index in [1.807, 2.05) is 42.5 Å². The maximum absolute atomic E-state index is 13.0. The van der Waals surface area contributed by atoms with E-state index in [1.54, 1.807) is 19.2 Å². The third kappa shape index (κ3) is 7.15. The van der Waals surface area contributed by atoms with Crippen molar-refractivity contribution in [3.8, 4) is 28.7 Å². The van der Waals surface area contributed by atoms with Crippen LogP contribution in [-0.2, 0) is 19.4 Å². The number of carbonyl (C=O) groups excluding carboxylic acids is 1. The summed E-state index contributed by atoms with van der Waals surface area (Å²) in [4.78, 5) is 17.8. The first kappa shape index (κ1) is 30.3. The minimum atomic E-state index is -0.234. The average molecular weight is 574 g/mol. The highest BCUT2D eigenvalue weighted by molar-refractivity contribution is 5.95. The summed E-state index contributed by atoms with van der Waals surface area (Å²) >= 11 is 0. The zero-order chi connectivity index (χ0) is 29.9. The number of rotatable bonds is 16. The van der Waals surface area contributed by atoms with Crippen LogP contribution in [0.2, 0.25) is 0 Å². The number of aromatic nitrogens is 2. The molecule has 4 aromatic rings. The van der Waals surface area contributed by atoms with Gasteiger partial charge >= 0.3 is 0 Å². The van der Waals surface area contributed by atoms with Gasteiger partial charge in [-0.15, -0.1) is 6.58 Å². The van der Waals surface area contributed by atoms with E-state index in [4.69, 9.17) is 28.7 Å². The third-order valence-electron chi connectivity index (χ3n) is 6.94. The van der Waals surface area contributed by atoms with Crippen molar-refractivity contribution in [3.05, 3.63) is 84.2 Å². The van der Waals surface area contributed by atoms with Crippen LogP contribution >= 0.6 is 0 Å². The fraction of sp³-hybridized carbons (Fsp3) is 0.333. The van der Waals surface area contributed by atoms with Gasteiger partial charge in [0.2, 0.25) is 5.75 Å². The van der Waals surface area contributed by atoms with E-state index in [0.717, 1.165) is 59.7 Å². The van der Waals surface area contributed by atoms with Crippen molar-refractivity contribution >= 4 is 16.9 Å². The van der Waals surface area contributed by atoms with Crippen molar-refractivity contribution in [2.45, 2.75) is 32.2 Å². The number of allylic oxidation sites excluding steroid dienone is 1. The number of hydrogen-bond acceptors (Lipinski definition) is 7. The Morgan fingerprint density at radius 3 is 2.33 bits per heavy atom. The van der Waals surface area contributed by atoms with Gasteiger partial charge < -0.3 is 33.6 Å². The number of benzene rings is 3. The summed E-state index contributed by atoms with van der Waals surface area (Å²) in [6, 6.07) is 17.3. The molecule has 1 heterocycles. The van der Waals surface area contributed by atoms with Crippen molar-refractivity contribution in [2.24, 2.45) is 0 Å². The third-order valence-corrected chi connectivity index (χ3v) is 6.94. The van der Waals surface area contributed by atoms with Crippen LogP contribution in [-0.4, -0.2) is 57.0 Å². The van der Waals surface area contributed by atoms with E-state index in [9.17, 15) is 4.79 Å². The second kappa shape index (κ2) is 14.8. The van der Waals surface area contributed by atoms with Crippen LogP contribution in [0.5, 0.6) is 28.7 Å². The van der Waals surface area contributed by atoms with Gasteiger partial charge in [-0.05, 0) is 61.2 Å². The van der Waals surface area contributed by atoms with Crippen molar-refractivity contribution < 1.29 is 28.5 Å². The van der Waals surface area contributed by atoms with Crippen LogP contribution in [0.4, 0.5) is 0 Å². The number of fused-ring (bicyclic) bond motifs is 1. The molecule has 0 fully saturated rings. The first-order chi connectivity index (χ1) is 20.5. The number of amides is 1. The number of ether oxygens (including phenoxy) is 5. The molecule has 1 aromatic heterocycles. The standard InChI is InChI=1S/C33H39N3O6/c1-6-11-23-14-15-27(28(20-23)38-2)42-19-10-9-18-36-26-13-8-7-12-25(26)35-31(36)16-17-34-33(37)24-21-29(39-3)32(41-5)30(22-24)40-4/h6-8,12-15,20-22H,1,9-11,16-19H2,2-5H3,(H,34,37). The van der Waals surface area contributed by atoms with Crippen molar-refractivity contribution in [2.75, 3.05) is 41.6 Å². The number of nitrogens with one attached hydrogen (secondary N) is 1. The summed E-state index contributed by atoms with van der Waals surface area (Å²) in [7, 11) is 6.22. The number of para-hydroxylation sites is 2. The topological polar surface area (TPSA) is 93.1 Å². The molecule has 1 N–H and O–H groups in total. The predicted octanol–water partition coefficient (Wildman–Crippen LogP) is 5.63. The molecule has 0 unspecified atom stereocenters. The Bertz CT molecular complexity index is 1490. The van der Waals surface area contributed by atoms with Crippen LogP contribution in [0, 0.1) is 0 Å². The van der Waals surface area contributed by atoms with Crippen molar-refractivity contribution in [1.82, 2.24) is 14.9 Å². The molecule has 0 radical (unpaired) electrons. The summed E-state index contributed by atoms with van der Waals surface area (Å²) in [5, 5.41) is 2.99. The zero-order valence-corrected chi connectivity index (χ0v) is 24.8. The van der Waals surface area contributed by atoms with Crippen LogP contribution in [0.3, 0.4) is 0 Å². The maximum Gasteiger partial charge on any atom is 0.251 e. The van der Waals surface area contributed by atoms with Gasteiger partial charge in [-0.3, -0.25) is 4.79 Å². The molecule has 9 nitrogen and oxygen atoms in total. The molecule has 0 atom stereocenters. The van der Waals surface area contributed by atoms with Gasteiger partial charge in [0, 0.05) is 25.1 Å². The monoisotopic (exact) mass is 573 g/mol. The van der Waals surface area contributed by atoms with Crippen LogP contribution < -0.4 is 29.0 Å². The lowest BCUT2D eigenvalue weighted by molar-refractivity contribution is 0.0953. The summed E-state index contributed by atoms with van der Waals surface area (Å²) in [6.45, 7) is 5.58. The van der Waals surface area contributed by atoms with Gasteiger partial charge in [0.1, 0.15) is 5.82 Å². The number of carbonyl (C=O) groups is 1. The molecular formula is C33H39N3O6. The number of imidazole rings is 1. The van der Waals surface area contributed by atoms with E-state index in [2.05, 4.69) is 22.5 Å². The molecular weight excluding hydrogens is 534 g/mol. The second-order valence-corrected chi connectivity index (χ2v) is 9.62. The fourth-order valence-corrected chi connectivity index (χ4v) is 4.85.